The van der Waals surface area contributed by atoms with Crippen LogP contribution < -0.4 is 16.0 Å². The summed E-state index contributed by atoms with van der Waals surface area (Å²) in [6.45, 7) is 11.8. The van der Waals surface area contributed by atoms with Crippen LogP contribution in [0.5, 0.6) is 0 Å². The molecule has 2 fully saturated rings. The van der Waals surface area contributed by atoms with E-state index in [1.165, 1.54) is 0 Å². The highest BCUT2D eigenvalue weighted by Gasteiger charge is 2.43. The molecule has 234 valence electrons. The Balaban J connectivity index is 1.73. The number of carbonyl (C=O) groups is 4. The fourth-order valence-electron chi connectivity index (χ4n) is 5.68. The van der Waals surface area contributed by atoms with Crippen molar-refractivity contribution in [2.24, 2.45) is 5.92 Å². The number of hydrogen-bond donors (Lipinski definition) is 3. The van der Waals surface area contributed by atoms with Crippen LogP contribution in [-0.4, -0.2) is 84.0 Å². The highest BCUT2D eigenvalue weighted by atomic mass is 16.6. The quantitative estimate of drug-likeness (QED) is 0.376. The third-order valence-electron chi connectivity index (χ3n) is 8.32. The summed E-state index contributed by atoms with van der Waals surface area (Å²) in [6.07, 6.45) is 6.03. The van der Waals surface area contributed by atoms with Gasteiger partial charge in [0.15, 0.2) is 0 Å². The molecule has 3 rings (SSSR count). The topological polar surface area (TPSA) is 120 Å². The van der Waals surface area contributed by atoms with Gasteiger partial charge in [-0.3, -0.25) is 14.4 Å². The first-order valence-electron chi connectivity index (χ1n) is 15.5. The smallest absolute Gasteiger partial charge is 0.408 e. The standard InChI is InChI=1S/C32H51N5O5/c1-7-27(38)34-26(28(39)37-20-18-36(6)19-21-37)22-23-14-16-25(17-15-23)33-29(40)32(5,24-12-10-8-9-11-13-24)35-30(41)42-31(2,3)4/h14-17,24,26H,7-13,18-22H2,1-6H3,(H,33,40)(H,34,38)(H,35,41)/t26-,32-/m1/s1. The van der Waals surface area contributed by atoms with Gasteiger partial charge in [0.25, 0.3) is 0 Å². The molecule has 1 aromatic carbocycles. The van der Waals surface area contributed by atoms with Crippen molar-refractivity contribution in [1.82, 2.24) is 20.4 Å². The number of amides is 4. The summed E-state index contributed by atoms with van der Waals surface area (Å²) >= 11 is 0. The van der Waals surface area contributed by atoms with Gasteiger partial charge in [0.2, 0.25) is 17.7 Å². The van der Waals surface area contributed by atoms with Crippen LogP contribution in [0.1, 0.15) is 85.1 Å². The normalized spacial score (nSPS) is 19.1. The van der Waals surface area contributed by atoms with Crippen molar-refractivity contribution in [3.05, 3.63) is 29.8 Å². The molecule has 1 saturated heterocycles. The molecule has 10 heteroatoms. The van der Waals surface area contributed by atoms with Crippen molar-refractivity contribution in [1.29, 1.82) is 0 Å². The average Bonchev–Trinajstić information content (AvgIpc) is 3.23. The number of rotatable bonds is 9. The minimum Gasteiger partial charge on any atom is -0.444 e. The number of ether oxygens (including phenoxy) is 1. The highest BCUT2D eigenvalue weighted by molar-refractivity contribution is 6.00. The number of alkyl carbamates (subject to hydrolysis) is 1. The second kappa shape index (κ2) is 14.8. The Labute approximate surface area is 251 Å². The summed E-state index contributed by atoms with van der Waals surface area (Å²) in [7, 11) is 2.03. The van der Waals surface area contributed by atoms with Gasteiger partial charge in [0, 0.05) is 44.7 Å². The zero-order chi connectivity index (χ0) is 30.9. The number of carbonyl (C=O) groups excluding carboxylic acids is 4. The van der Waals surface area contributed by atoms with E-state index >= 15 is 0 Å². The van der Waals surface area contributed by atoms with Crippen LogP contribution in [0.2, 0.25) is 0 Å². The maximum absolute atomic E-state index is 13.8. The van der Waals surface area contributed by atoms with E-state index in [1.807, 2.05) is 24.1 Å². The zero-order valence-corrected chi connectivity index (χ0v) is 26.4. The molecule has 0 bridgehead atoms. The van der Waals surface area contributed by atoms with Crippen molar-refractivity contribution in [3.63, 3.8) is 0 Å². The largest absolute Gasteiger partial charge is 0.444 e. The maximum atomic E-state index is 13.8. The maximum Gasteiger partial charge on any atom is 0.408 e. The van der Waals surface area contributed by atoms with Crippen molar-refractivity contribution >= 4 is 29.5 Å². The van der Waals surface area contributed by atoms with Crippen molar-refractivity contribution in [2.75, 3.05) is 38.5 Å². The van der Waals surface area contributed by atoms with Gasteiger partial charge in [-0.25, -0.2) is 4.79 Å². The van der Waals surface area contributed by atoms with Crippen LogP contribution in [-0.2, 0) is 25.5 Å². The van der Waals surface area contributed by atoms with E-state index in [4.69, 9.17) is 4.74 Å². The van der Waals surface area contributed by atoms with Crippen LogP contribution >= 0.6 is 0 Å². The Hall–Kier alpha value is -3.14. The van der Waals surface area contributed by atoms with Gasteiger partial charge in [-0.2, -0.15) is 0 Å². The molecular formula is C32H51N5O5. The molecule has 2 atom stereocenters. The fourth-order valence-corrected chi connectivity index (χ4v) is 5.68. The summed E-state index contributed by atoms with van der Waals surface area (Å²) in [5.74, 6) is -0.544. The van der Waals surface area contributed by atoms with Gasteiger partial charge < -0.3 is 30.5 Å². The van der Waals surface area contributed by atoms with Gasteiger partial charge in [-0.05, 0) is 71.2 Å². The van der Waals surface area contributed by atoms with Crippen LogP contribution in [0, 0.1) is 5.92 Å². The molecule has 1 aliphatic heterocycles. The van der Waals surface area contributed by atoms with E-state index in [1.54, 1.807) is 46.8 Å². The second-order valence-electron chi connectivity index (χ2n) is 13.0. The number of nitrogens with zero attached hydrogens (tertiary/aromatic N) is 2. The lowest BCUT2D eigenvalue weighted by molar-refractivity contribution is -0.137. The first-order chi connectivity index (χ1) is 19.8. The Morgan fingerprint density at radius 2 is 1.52 bits per heavy atom. The minimum absolute atomic E-state index is 0.0182. The van der Waals surface area contributed by atoms with Gasteiger partial charge in [0.1, 0.15) is 17.2 Å². The SMILES string of the molecule is CCC(=O)N[C@H](Cc1ccc(NC(=O)[C@](C)(NC(=O)OC(C)(C)C)C2CCCCCC2)cc1)C(=O)N1CCN(C)CC1. The third-order valence-corrected chi connectivity index (χ3v) is 8.32. The lowest BCUT2D eigenvalue weighted by Gasteiger charge is -2.37. The fraction of sp³-hybridized carbons (Fsp3) is 0.688. The van der Waals surface area contributed by atoms with Crippen molar-refractivity contribution in [3.8, 4) is 0 Å². The number of hydrogen-bond acceptors (Lipinski definition) is 6. The molecule has 2 aliphatic rings. The molecule has 1 heterocycles. The number of anilines is 1. The van der Waals surface area contributed by atoms with Gasteiger partial charge in [-0.15, -0.1) is 0 Å². The predicted molar refractivity (Wildman–Crippen MR) is 164 cm³/mol. The molecule has 42 heavy (non-hydrogen) atoms. The predicted octanol–water partition coefficient (Wildman–Crippen LogP) is 4.09. The third kappa shape index (κ3) is 9.71. The molecule has 0 radical (unpaired) electrons. The van der Waals surface area contributed by atoms with E-state index in [9.17, 15) is 19.2 Å². The zero-order valence-electron chi connectivity index (χ0n) is 26.4. The number of likely N-dealkylation sites (N-methyl/N-ethyl adjacent to an activating group) is 1. The molecule has 10 nitrogen and oxygen atoms in total. The minimum atomic E-state index is -1.14. The van der Waals surface area contributed by atoms with Gasteiger partial charge in [0.05, 0.1) is 0 Å². The molecule has 4 amide bonds. The number of benzene rings is 1. The van der Waals surface area contributed by atoms with E-state index in [0.717, 1.165) is 57.2 Å². The van der Waals surface area contributed by atoms with E-state index in [2.05, 4.69) is 20.9 Å². The molecule has 1 aromatic rings. The Kier molecular flexibility index (Phi) is 11.8. The first kappa shape index (κ1) is 33.4. The lowest BCUT2D eigenvalue weighted by Crippen LogP contribution is -2.60. The monoisotopic (exact) mass is 585 g/mol. The van der Waals surface area contributed by atoms with Crippen LogP contribution in [0.4, 0.5) is 10.5 Å². The molecular weight excluding hydrogens is 534 g/mol. The molecule has 0 aromatic heterocycles. The van der Waals surface area contributed by atoms with Crippen LogP contribution in [0.25, 0.3) is 0 Å². The van der Waals surface area contributed by atoms with Crippen LogP contribution in [0.15, 0.2) is 24.3 Å². The Morgan fingerprint density at radius 3 is 2.07 bits per heavy atom. The van der Waals surface area contributed by atoms with E-state index in [-0.39, 0.29) is 23.6 Å². The Morgan fingerprint density at radius 1 is 0.929 bits per heavy atom. The number of piperazine rings is 1. The summed E-state index contributed by atoms with van der Waals surface area (Å²) in [6, 6.07) is 6.67. The van der Waals surface area contributed by atoms with Gasteiger partial charge in [-0.1, -0.05) is 44.7 Å². The molecule has 1 aliphatic carbocycles. The highest BCUT2D eigenvalue weighted by Crippen LogP contribution is 2.33. The molecule has 3 N–H and O–H groups in total. The second-order valence-corrected chi connectivity index (χ2v) is 13.0. The first-order valence-corrected chi connectivity index (χ1v) is 15.5. The molecule has 0 unspecified atom stereocenters. The summed E-state index contributed by atoms with van der Waals surface area (Å²) < 4.78 is 5.52. The summed E-state index contributed by atoms with van der Waals surface area (Å²) in [5.41, 5.74) is -0.360. The number of nitrogens with one attached hydrogen (secondary N) is 3. The summed E-state index contributed by atoms with van der Waals surface area (Å²) in [4.78, 5) is 56.2. The van der Waals surface area contributed by atoms with E-state index < -0.39 is 23.3 Å². The average molecular weight is 586 g/mol. The van der Waals surface area contributed by atoms with Crippen LogP contribution in [0.3, 0.4) is 0 Å². The van der Waals surface area contributed by atoms with Crippen molar-refractivity contribution < 1.29 is 23.9 Å². The molecule has 0 spiro atoms. The molecule has 1 saturated carbocycles. The summed E-state index contributed by atoms with van der Waals surface area (Å²) in [5, 5.41) is 8.83. The van der Waals surface area contributed by atoms with Gasteiger partial charge >= 0.3 is 6.09 Å². The van der Waals surface area contributed by atoms with Crippen molar-refractivity contribution in [2.45, 2.75) is 103 Å². The Bertz CT molecular complexity index is 1070. The van der Waals surface area contributed by atoms with E-state index in [0.29, 0.717) is 31.6 Å². The lowest BCUT2D eigenvalue weighted by atomic mass is 9.79.